The van der Waals surface area contributed by atoms with E-state index >= 15 is 0 Å². The summed E-state index contributed by atoms with van der Waals surface area (Å²) in [5.41, 5.74) is 5.80. The number of nitrogens with one attached hydrogen (secondary N) is 1. The second-order valence-electron chi connectivity index (χ2n) is 10.4. The second kappa shape index (κ2) is 10.6. The third-order valence-corrected chi connectivity index (χ3v) is 10.3. The fourth-order valence-corrected chi connectivity index (χ4v) is 8.35. The largest absolute Gasteiger partial charge is 0.467 e. The molecular formula is C23H39N3O4S2. The molecule has 2 aliphatic heterocycles. The van der Waals surface area contributed by atoms with Crippen molar-refractivity contribution in [2.75, 3.05) is 25.2 Å². The summed E-state index contributed by atoms with van der Waals surface area (Å²) in [5, 5.41) is 2.98. The van der Waals surface area contributed by atoms with Gasteiger partial charge in [0.1, 0.15) is 12.1 Å². The number of methoxy groups -OCH3 is 1. The van der Waals surface area contributed by atoms with Crippen molar-refractivity contribution in [3.63, 3.8) is 0 Å². The number of rotatable bonds is 5. The van der Waals surface area contributed by atoms with E-state index in [9.17, 15) is 14.4 Å². The van der Waals surface area contributed by atoms with Crippen molar-refractivity contribution < 1.29 is 19.1 Å². The van der Waals surface area contributed by atoms with Crippen LogP contribution in [0, 0.1) is 11.3 Å². The van der Waals surface area contributed by atoms with Crippen LogP contribution in [0.3, 0.4) is 0 Å². The van der Waals surface area contributed by atoms with Crippen molar-refractivity contribution in [3.8, 4) is 0 Å². The van der Waals surface area contributed by atoms with Crippen molar-refractivity contribution >= 4 is 41.3 Å². The Bertz CT molecular complexity index is 700. The number of nitrogens with zero attached hydrogens (tertiary/aromatic N) is 1. The average molecular weight is 486 g/mol. The van der Waals surface area contributed by atoms with Gasteiger partial charge in [0, 0.05) is 13.0 Å². The monoisotopic (exact) mass is 485 g/mol. The summed E-state index contributed by atoms with van der Waals surface area (Å²) >= 11 is 3.67. The van der Waals surface area contributed by atoms with Crippen LogP contribution in [0.25, 0.3) is 0 Å². The van der Waals surface area contributed by atoms with E-state index in [-0.39, 0.29) is 27.8 Å². The highest BCUT2D eigenvalue weighted by Crippen LogP contribution is 2.50. The molecule has 9 heteroatoms. The zero-order valence-corrected chi connectivity index (χ0v) is 21.5. The number of carbonyl (C=O) groups excluding carboxylic acids is 3. The molecule has 3 aliphatic rings. The van der Waals surface area contributed by atoms with Gasteiger partial charge in [-0.05, 0) is 42.1 Å². The van der Waals surface area contributed by atoms with Crippen molar-refractivity contribution in [3.05, 3.63) is 0 Å². The van der Waals surface area contributed by atoms with E-state index in [2.05, 4.69) is 5.32 Å². The Kier molecular flexibility index (Phi) is 8.47. The molecule has 182 valence electrons. The van der Waals surface area contributed by atoms with Gasteiger partial charge in [-0.1, -0.05) is 40.0 Å². The van der Waals surface area contributed by atoms with Crippen molar-refractivity contribution in [1.29, 1.82) is 0 Å². The van der Waals surface area contributed by atoms with E-state index in [1.807, 2.05) is 44.3 Å². The van der Waals surface area contributed by atoms with Gasteiger partial charge >= 0.3 is 5.97 Å². The molecule has 32 heavy (non-hydrogen) atoms. The molecule has 2 saturated heterocycles. The first-order valence-corrected chi connectivity index (χ1v) is 13.8. The Morgan fingerprint density at radius 2 is 1.72 bits per heavy atom. The molecule has 0 radical (unpaired) electrons. The van der Waals surface area contributed by atoms with Crippen LogP contribution in [0.4, 0.5) is 0 Å². The Morgan fingerprint density at radius 3 is 2.28 bits per heavy atom. The van der Waals surface area contributed by atoms with Crippen molar-refractivity contribution in [2.24, 2.45) is 17.1 Å². The lowest BCUT2D eigenvalue weighted by molar-refractivity contribution is -0.153. The summed E-state index contributed by atoms with van der Waals surface area (Å²) in [6, 6.07) is -2.00. The fourth-order valence-electron chi connectivity index (χ4n) is 5.00. The standard InChI is InChI=1S/C23H39N3O4S2/c1-22(2,3)18(25-19(27)17(24)15-9-6-5-7-10-15)20(28)26-14-23(31-11-8-12-32-23)13-16(26)21(29)30-4/h15-18H,5-14,24H2,1-4H3,(H,25,27). The van der Waals surface area contributed by atoms with Crippen LogP contribution in [0.1, 0.15) is 65.7 Å². The average Bonchev–Trinajstić information content (AvgIpc) is 3.14. The minimum Gasteiger partial charge on any atom is -0.467 e. The maximum absolute atomic E-state index is 13.8. The van der Waals surface area contributed by atoms with E-state index < -0.39 is 23.5 Å². The summed E-state index contributed by atoms with van der Waals surface area (Å²) in [6.07, 6.45) is 7.00. The van der Waals surface area contributed by atoms with Crippen LogP contribution in [0.5, 0.6) is 0 Å². The first-order chi connectivity index (χ1) is 15.1. The number of nitrogens with two attached hydrogens (primary N) is 1. The summed E-state index contributed by atoms with van der Waals surface area (Å²) in [5.74, 6) is 1.33. The van der Waals surface area contributed by atoms with Crippen LogP contribution in [-0.4, -0.2) is 70.0 Å². The number of carbonyl (C=O) groups is 3. The van der Waals surface area contributed by atoms with Gasteiger partial charge in [0.25, 0.3) is 0 Å². The molecule has 3 N–H and O–H groups in total. The van der Waals surface area contributed by atoms with Gasteiger partial charge in [-0.15, -0.1) is 23.5 Å². The molecule has 0 aromatic carbocycles. The number of amides is 2. The third kappa shape index (κ3) is 5.76. The molecule has 3 fully saturated rings. The van der Waals surface area contributed by atoms with Crippen molar-refractivity contribution in [1.82, 2.24) is 10.2 Å². The summed E-state index contributed by atoms with van der Waals surface area (Å²) in [4.78, 5) is 41.2. The first kappa shape index (κ1) is 25.7. The number of thioether (sulfide) groups is 2. The number of ether oxygens (including phenoxy) is 1. The summed E-state index contributed by atoms with van der Waals surface area (Å²) in [6.45, 7) is 6.29. The quantitative estimate of drug-likeness (QED) is 0.577. The lowest BCUT2D eigenvalue weighted by Crippen LogP contribution is -2.60. The predicted molar refractivity (Wildman–Crippen MR) is 130 cm³/mol. The number of esters is 1. The molecule has 1 saturated carbocycles. The molecule has 0 bridgehead atoms. The molecule has 7 nitrogen and oxygen atoms in total. The highest BCUT2D eigenvalue weighted by molar-refractivity contribution is 8.18. The van der Waals surface area contributed by atoms with Gasteiger partial charge in [0.05, 0.1) is 17.2 Å². The van der Waals surface area contributed by atoms with E-state index in [4.69, 9.17) is 10.5 Å². The Balaban J connectivity index is 1.79. The second-order valence-corrected chi connectivity index (χ2v) is 13.6. The van der Waals surface area contributed by atoms with Gasteiger partial charge in [0.15, 0.2) is 0 Å². The lowest BCUT2D eigenvalue weighted by atomic mass is 9.82. The zero-order valence-electron chi connectivity index (χ0n) is 19.9. The molecule has 0 aromatic heterocycles. The third-order valence-electron chi connectivity index (χ3n) is 6.93. The van der Waals surface area contributed by atoms with Gasteiger partial charge in [-0.3, -0.25) is 9.59 Å². The smallest absolute Gasteiger partial charge is 0.328 e. The van der Waals surface area contributed by atoms with E-state index in [1.54, 1.807) is 4.90 Å². The number of likely N-dealkylation sites (tertiary alicyclic amines) is 1. The maximum atomic E-state index is 13.8. The van der Waals surface area contributed by atoms with Gasteiger partial charge in [-0.25, -0.2) is 4.79 Å². The van der Waals surface area contributed by atoms with E-state index in [1.165, 1.54) is 13.5 Å². The highest BCUT2D eigenvalue weighted by Gasteiger charge is 2.53. The predicted octanol–water partition coefficient (Wildman–Crippen LogP) is 2.77. The molecule has 1 spiro atoms. The molecule has 3 rings (SSSR count). The molecule has 3 unspecified atom stereocenters. The topological polar surface area (TPSA) is 102 Å². The van der Waals surface area contributed by atoms with Gasteiger partial charge in [0.2, 0.25) is 11.8 Å². The minimum absolute atomic E-state index is 0.160. The van der Waals surface area contributed by atoms with Crippen LogP contribution < -0.4 is 11.1 Å². The van der Waals surface area contributed by atoms with E-state index in [0.29, 0.717) is 13.0 Å². The van der Waals surface area contributed by atoms with Crippen LogP contribution in [-0.2, 0) is 19.1 Å². The fraction of sp³-hybridized carbons (Fsp3) is 0.870. The van der Waals surface area contributed by atoms with Crippen molar-refractivity contribution in [2.45, 2.75) is 87.9 Å². The highest BCUT2D eigenvalue weighted by atomic mass is 32.2. The minimum atomic E-state index is -0.759. The summed E-state index contributed by atoms with van der Waals surface area (Å²) in [7, 11) is 1.36. The molecule has 2 amide bonds. The molecule has 2 heterocycles. The molecular weight excluding hydrogens is 446 g/mol. The van der Waals surface area contributed by atoms with E-state index in [0.717, 1.165) is 43.6 Å². The van der Waals surface area contributed by atoms with Crippen LogP contribution in [0.2, 0.25) is 0 Å². The normalized spacial score (nSPS) is 25.9. The molecule has 0 aromatic rings. The number of hydrogen-bond donors (Lipinski definition) is 2. The summed E-state index contributed by atoms with van der Waals surface area (Å²) < 4.78 is 4.87. The number of hydrogen-bond acceptors (Lipinski definition) is 7. The maximum Gasteiger partial charge on any atom is 0.328 e. The SMILES string of the molecule is COC(=O)C1CC2(CN1C(=O)C(NC(=O)C(N)C1CCCCC1)C(C)(C)C)SCCCS2. The Hall–Kier alpha value is -0.930. The van der Waals surface area contributed by atoms with Gasteiger partial charge in [-0.2, -0.15) is 0 Å². The van der Waals surface area contributed by atoms with Crippen LogP contribution >= 0.6 is 23.5 Å². The Morgan fingerprint density at radius 1 is 1.09 bits per heavy atom. The molecule has 3 atom stereocenters. The van der Waals surface area contributed by atoms with Gasteiger partial charge < -0.3 is 20.7 Å². The zero-order chi connectivity index (χ0) is 23.5. The van der Waals surface area contributed by atoms with Crippen LogP contribution in [0.15, 0.2) is 0 Å². The molecule has 1 aliphatic carbocycles. The Labute approximate surface area is 200 Å². The lowest BCUT2D eigenvalue weighted by Gasteiger charge is -2.37. The first-order valence-electron chi connectivity index (χ1n) is 11.8.